The number of ether oxygens (including phenoxy) is 3. The summed E-state index contributed by atoms with van der Waals surface area (Å²) in [5, 5.41) is 18.4. The number of carbonyl (C=O) groups is 1. The summed E-state index contributed by atoms with van der Waals surface area (Å²) in [5.41, 5.74) is 3.98. The Balaban J connectivity index is 0.902. The normalized spacial score (nSPS) is 19.4. The van der Waals surface area contributed by atoms with Gasteiger partial charge in [-0.2, -0.15) is 10.4 Å². The highest BCUT2D eigenvalue weighted by molar-refractivity contribution is 7.90. The summed E-state index contributed by atoms with van der Waals surface area (Å²) in [4.78, 5) is 24.6. The van der Waals surface area contributed by atoms with Crippen molar-refractivity contribution in [3.63, 3.8) is 0 Å². The number of alkyl halides is 1. The van der Waals surface area contributed by atoms with E-state index in [1.165, 1.54) is 16.7 Å². The topological polar surface area (TPSA) is 166 Å². The molecule has 4 aliphatic rings. The molecule has 65 heavy (non-hydrogen) atoms. The highest BCUT2D eigenvalue weighted by Gasteiger charge is 2.39. The van der Waals surface area contributed by atoms with Crippen LogP contribution in [0.5, 0.6) is 17.4 Å². The summed E-state index contributed by atoms with van der Waals surface area (Å²) >= 11 is 6.25. The Morgan fingerprint density at radius 2 is 1.77 bits per heavy atom. The molecule has 9 rings (SSSR count). The van der Waals surface area contributed by atoms with Crippen molar-refractivity contribution in [1.29, 1.82) is 5.26 Å². The molecule has 1 amide bonds. The number of sulfonamides is 1. The van der Waals surface area contributed by atoms with Crippen LogP contribution in [0.15, 0.2) is 89.6 Å². The molecule has 0 spiro atoms. The number of hydrogen-bond donors (Lipinski definition) is 2. The van der Waals surface area contributed by atoms with E-state index in [1.54, 1.807) is 36.5 Å². The Hall–Kier alpha value is -5.57. The van der Waals surface area contributed by atoms with Gasteiger partial charge in [0.2, 0.25) is 5.88 Å². The number of pyridine rings is 1. The maximum absolute atomic E-state index is 15.7. The predicted molar refractivity (Wildman–Crippen MR) is 246 cm³/mol. The molecule has 1 aliphatic carbocycles. The van der Waals surface area contributed by atoms with Gasteiger partial charge in [-0.1, -0.05) is 49.2 Å². The van der Waals surface area contributed by atoms with Gasteiger partial charge in [0.1, 0.15) is 40.3 Å². The van der Waals surface area contributed by atoms with Crippen molar-refractivity contribution in [3.05, 3.63) is 106 Å². The number of halogens is 2. The number of nitrogens with one attached hydrogen (secondary N) is 2. The number of piperidine rings is 1. The molecule has 0 radical (unpaired) electrons. The Morgan fingerprint density at radius 1 is 1.00 bits per heavy atom. The van der Waals surface area contributed by atoms with Gasteiger partial charge in [0.25, 0.3) is 15.9 Å². The molecule has 3 fully saturated rings. The monoisotopic (exact) mass is 922 g/mol. The average Bonchev–Trinajstić information content (AvgIpc) is 3.77. The zero-order chi connectivity index (χ0) is 45.3. The standard InChI is InChI=1S/C48H52ClFN8O6S/c1-47(2)13-12-33(40(24-47)32-6-8-35(49)9-7-32)28-56-18-20-58(21-19-56)36-10-11-39(44(23-36)64-43-5-3-4-42-41(43)27-53-54-42)45(59)55-65(60,61)38-22-34(25-51)46(52-26-38)63-31-48(50)14-16-57(17-15-48)37-29-62-30-37/h3-11,22-23,26-27,37H,12-21,24,28-31H2,1-2H3,(H,53,54)(H,55,59). The number of amides is 1. The van der Waals surface area contributed by atoms with Crippen molar-refractivity contribution < 1.29 is 31.8 Å². The first-order valence-electron chi connectivity index (χ1n) is 22.0. The molecule has 340 valence electrons. The van der Waals surface area contributed by atoms with Gasteiger partial charge in [-0.3, -0.25) is 19.7 Å². The number of piperazine rings is 1. The quantitative estimate of drug-likeness (QED) is 0.118. The zero-order valence-corrected chi connectivity index (χ0v) is 38.1. The number of aromatic nitrogens is 3. The average molecular weight is 924 g/mol. The number of allylic oxidation sites excluding steroid dienone is 1. The van der Waals surface area contributed by atoms with Crippen LogP contribution in [0.2, 0.25) is 5.02 Å². The lowest BCUT2D eigenvalue weighted by Gasteiger charge is -2.43. The number of anilines is 1. The minimum absolute atomic E-state index is 0.0316. The first-order chi connectivity index (χ1) is 31.2. The summed E-state index contributed by atoms with van der Waals surface area (Å²) in [5.74, 6) is -0.583. The number of likely N-dealkylation sites (tertiary alicyclic amines) is 1. The molecule has 14 nitrogen and oxygen atoms in total. The molecule has 0 saturated carbocycles. The molecule has 3 saturated heterocycles. The molecule has 3 aliphatic heterocycles. The van der Waals surface area contributed by atoms with E-state index in [-0.39, 0.29) is 47.6 Å². The fourth-order valence-corrected chi connectivity index (χ4v) is 10.2. The van der Waals surface area contributed by atoms with Crippen molar-refractivity contribution in [1.82, 2.24) is 29.7 Å². The van der Waals surface area contributed by atoms with E-state index in [4.69, 9.17) is 25.8 Å². The molecule has 0 atom stereocenters. The molecule has 17 heteroatoms. The summed E-state index contributed by atoms with van der Waals surface area (Å²) in [7, 11) is -4.57. The van der Waals surface area contributed by atoms with Crippen LogP contribution in [0.3, 0.4) is 0 Å². The van der Waals surface area contributed by atoms with Crippen LogP contribution in [-0.2, 0) is 14.8 Å². The zero-order valence-electron chi connectivity index (χ0n) is 36.5. The predicted octanol–water partition coefficient (Wildman–Crippen LogP) is 7.76. The van der Waals surface area contributed by atoms with Gasteiger partial charge in [0, 0.05) is 62.6 Å². The Kier molecular flexibility index (Phi) is 12.6. The highest BCUT2D eigenvalue weighted by Crippen LogP contribution is 2.44. The van der Waals surface area contributed by atoms with E-state index in [9.17, 15) is 18.5 Å². The molecule has 3 aromatic carbocycles. The summed E-state index contributed by atoms with van der Waals surface area (Å²) in [6.45, 7) is 10.7. The van der Waals surface area contributed by atoms with Gasteiger partial charge in [0.15, 0.2) is 0 Å². The molecule has 2 N–H and O–H groups in total. The van der Waals surface area contributed by atoms with Gasteiger partial charge in [0.05, 0.1) is 48.1 Å². The molecule has 0 bridgehead atoms. The molecule has 5 aromatic rings. The summed E-state index contributed by atoms with van der Waals surface area (Å²) in [6.07, 6.45) is 6.28. The van der Waals surface area contributed by atoms with E-state index in [1.807, 2.05) is 24.3 Å². The second-order valence-corrected chi connectivity index (χ2v) is 20.4. The third-order valence-electron chi connectivity index (χ3n) is 13.2. The maximum Gasteiger partial charge on any atom is 0.268 e. The van der Waals surface area contributed by atoms with Gasteiger partial charge in [-0.15, -0.1) is 0 Å². The van der Waals surface area contributed by atoms with Crippen LogP contribution in [0.1, 0.15) is 67.4 Å². The van der Waals surface area contributed by atoms with Gasteiger partial charge in [-0.05, 0) is 91.1 Å². The van der Waals surface area contributed by atoms with Crippen LogP contribution in [-0.4, -0.2) is 117 Å². The van der Waals surface area contributed by atoms with Crippen LogP contribution >= 0.6 is 11.6 Å². The second-order valence-electron chi connectivity index (χ2n) is 18.3. The van der Waals surface area contributed by atoms with Crippen LogP contribution in [0.25, 0.3) is 16.5 Å². The number of carbonyl (C=O) groups excluding carboxylic acids is 1. The summed E-state index contributed by atoms with van der Waals surface area (Å²) in [6, 6.07) is 21.9. The number of benzene rings is 3. The van der Waals surface area contributed by atoms with E-state index >= 15 is 4.39 Å². The fourth-order valence-electron chi connectivity index (χ4n) is 9.10. The third kappa shape index (κ3) is 10.00. The van der Waals surface area contributed by atoms with Crippen LogP contribution in [0.4, 0.5) is 10.1 Å². The number of rotatable bonds is 13. The van der Waals surface area contributed by atoms with Crippen molar-refractivity contribution in [2.45, 2.75) is 62.6 Å². The highest BCUT2D eigenvalue weighted by atomic mass is 35.5. The lowest BCUT2D eigenvalue weighted by atomic mass is 9.72. The molecule has 0 unspecified atom stereocenters. The number of nitriles is 1. The van der Waals surface area contributed by atoms with E-state index in [2.05, 4.69) is 60.6 Å². The minimum atomic E-state index is -4.57. The number of hydrogen-bond acceptors (Lipinski definition) is 12. The summed E-state index contributed by atoms with van der Waals surface area (Å²) < 4.78 is 62.7. The number of fused-ring (bicyclic) bond motifs is 1. The number of aromatic amines is 1. The molecule has 5 heterocycles. The van der Waals surface area contributed by atoms with Crippen molar-refractivity contribution in [2.75, 3.05) is 70.5 Å². The molecule has 2 aromatic heterocycles. The fraction of sp³-hybridized carbons (Fsp3) is 0.417. The van der Waals surface area contributed by atoms with Gasteiger partial charge < -0.3 is 19.1 Å². The smallest absolute Gasteiger partial charge is 0.268 e. The Morgan fingerprint density at radius 3 is 2.49 bits per heavy atom. The van der Waals surface area contributed by atoms with Crippen molar-refractivity contribution >= 4 is 49.7 Å². The SMILES string of the molecule is CC1(C)CCC(CN2CCN(c3ccc(C(=O)NS(=O)(=O)c4cnc(OCC5(F)CCN(C6COC6)CC5)c(C#N)c4)c(Oc4cccc5[nH]ncc45)c3)CC2)=C(c2ccc(Cl)cc2)C1. The lowest BCUT2D eigenvalue weighted by Crippen LogP contribution is -2.55. The Bertz CT molecular complexity index is 2760. The third-order valence-corrected chi connectivity index (χ3v) is 14.7. The van der Waals surface area contributed by atoms with E-state index in [0.717, 1.165) is 80.5 Å². The number of nitrogens with zero attached hydrogens (tertiary/aromatic N) is 6. The van der Waals surface area contributed by atoms with Crippen LogP contribution in [0, 0.1) is 16.7 Å². The first kappa shape index (κ1) is 44.6. The van der Waals surface area contributed by atoms with E-state index in [0.29, 0.717) is 43.5 Å². The first-order valence-corrected chi connectivity index (χ1v) is 23.9. The van der Waals surface area contributed by atoms with Crippen LogP contribution < -0.4 is 19.1 Å². The Labute approximate surface area is 383 Å². The van der Waals surface area contributed by atoms with Crippen molar-refractivity contribution in [2.24, 2.45) is 5.41 Å². The second kappa shape index (κ2) is 18.4. The molecular weight excluding hydrogens is 871 g/mol. The molecular formula is C48H52ClFN8O6S. The lowest BCUT2D eigenvalue weighted by molar-refractivity contribution is -0.0892. The van der Waals surface area contributed by atoms with Gasteiger partial charge >= 0.3 is 0 Å². The largest absolute Gasteiger partial charge is 0.473 e. The number of H-pyrrole nitrogens is 1. The van der Waals surface area contributed by atoms with Gasteiger partial charge in [-0.25, -0.2) is 22.5 Å². The minimum Gasteiger partial charge on any atom is -0.473 e. The van der Waals surface area contributed by atoms with E-state index < -0.39 is 26.5 Å². The van der Waals surface area contributed by atoms with Crippen molar-refractivity contribution in [3.8, 4) is 23.4 Å². The maximum atomic E-state index is 15.7.